The molecule has 1 aliphatic rings. The molecule has 0 unspecified atom stereocenters. The molecule has 0 fully saturated rings. The summed E-state index contributed by atoms with van der Waals surface area (Å²) >= 11 is 0. The van der Waals surface area contributed by atoms with Gasteiger partial charge in [-0.15, -0.1) is 0 Å². The van der Waals surface area contributed by atoms with Crippen LogP contribution in [0.25, 0.3) is 11.1 Å². The number of nitrogens with one attached hydrogen (secondary N) is 1. The van der Waals surface area contributed by atoms with Gasteiger partial charge < -0.3 is 24.3 Å². The van der Waals surface area contributed by atoms with E-state index in [0.29, 0.717) is 29.5 Å². The highest BCUT2D eigenvalue weighted by Gasteiger charge is 2.18. The Morgan fingerprint density at radius 2 is 2.04 bits per heavy atom. The largest absolute Gasteiger partial charge is 0.490 e. The fourth-order valence-electron chi connectivity index (χ4n) is 3.32. The molecule has 7 nitrogen and oxygen atoms in total. The monoisotopic (exact) mass is 380 g/mol. The van der Waals surface area contributed by atoms with E-state index in [9.17, 15) is 4.79 Å². The molecular weight excluding hydrogens is 356 g/mol. The minimum Gasteiger partial charge on any atom is -0.490 e. The molecule has 146 valence electrons. The van der Waals surface area contributed by atoms with Crippen LogP contribution in [-0.2, 0) is 0 Å². The highest BCUT2D eigenvalue weighted by atomic mass is 16.5. The summed E-state index contributed by atoms with van der Waals surface area (Å²) in [5, 5.41) is 2.94. The van der Waals surface area contributed by atoms with Gasteiger partial charge in [-0.1, -0.05) is 0 Å². The molecule has 4 rings (SSSR count). The van der Waals surface area contributed by atoms with Crippen LogP contribution in [0.5, 0.6) is 5.75 Å². The number of fused-ring (bicyclic) bond motifs is 2. The third kappa shape index (κ3) is 3.35. The van der Waals surface area contributed by atoms with E-state index in [-0.39, 0.29) is 5.91 Å². The Kier molecular flexibility index (Phi) is 4.81. The number of hydrogen-bond donors (Lipinski definition) is 1. The second-order valence-electron chi connectivity index (χ2n) is 6.76. The van der Waals surface area contributed by atoms with E-state index in [1.165, 1.54) is 0 Å². The van der Waals surface area contributed by atoms with Gasteiger partial charge >= 0.3 is 0 Å². The molecule has 0 bridgehead atoms. The second-order valence-corrected chi connectivity index (χ2v) is 6.76. The van der Waals surface area contributed by atoms with E-state index in [1.54, 1.807) is 6.07 Å². The Balaban J connectivity index is 1.56. The number of oxazole rings is 1. The number of ether oxygens (including phenoxy) is 1. The number of likely N-dealkylation sites (N-methyl/N-ethyl adjacent to an activating group) is 1. The maximum Gasteiger partial charge on any atom is 0.298 e. The number of nitrogens with zero attached hydrogens (tertiary/aromatic N) is 3. The summed E-state index contributed by atoms with van der Waals surface area (Å²) in [6.45, 7) is 7.22. The lowest BCUT2D eigenvalue weighted by Crippen LogP contribution is -2.29. The molecule has 0 saturated carbocycles. The van der Waals surface area contributed by atoms with E-state index in [4.69, 9.17) is 9.15 Å². The summed E-state index contributed by atoms with van der Waals surface area (Å²) in [4.78, 5) is 21.4. The van der Waals surface area contributed by atoms with Crippen LogP contribution in [0, 0.1) is 0 Å². The first kappa shape index (κ1) is 18.2. The molecule has 2 aromatic carbocycles. The third-order valence-corrected chi connectivity index (χ3v) is 4.98. The standard InChI is InChI=1S/C21H24N4O3/c1-4-25(5-2)21-23-16-13-15(7-9-18(16)28-21)22-20(26)14-6-8-19-17(12-14)24(3)10-11-27-19/h6-9,12-13H,4-5,10-11H2,1-3H3,(H,22,26). The zero-order chi connectivity index (χ0) is 19.7. The minimum atomic E-state index is -0.173. The van der Waals surface area contributed by atoms with Crippen LogP contribution in [-0.4, -0.2) is 44.2 Å². The van der Waals surface area contributed by atoms with Crippen LogP contribution < -0.4 is 19.9 Å². The Hall–Kier alpha value is -3.22. The molecule has 0 radical (unpaired) electrons. The molecule has 28 heavy (non-hydrogen) atoms. The van der Waals surface area contributed by atoms with Crippen molar-refractivity contribution in [3.63, 3.8) is 0 Å². The zero-order valence-corrected chi connectivity index (χ0v) is 16.4. The van der Waals surface area contributed by atoms with E-state index in [1.807, 2.05) is 42.3 Å². The number of amides is 1. The smallest absolute Gasteiger partial charge is 0.298 e. The second kappa shape index (κ2) is 7.42. The molecule has 0 atom stereocenters. The summed E-state index contributed by atoms with van der Waals surface area (Å²) in [7, 11) is 2.00. The van der Waals surface area contributed by atoms with Crippen LogP contribution >= 0.6 is 0 Å². The van der Waals surface area contributed by atoms with Crippen molar-refractivity contribution in [1.29, 1.82) is 0 Å². The van der Waals surface area contributed by atoms with Crippen LogP contribution in [0.4, 0.5) is 17.4 Å². The van der Waals surface area contributed by atoms with Crippen molar-refractivity contribution in [2.24, 2.45) is 0 Å². The molecule has 0 spiro atoms. The van der Waals surface area contributed by atoms with Crippen LogP contribution in [0.2, 0.25) is 0 Å². The van der Waals surface area contributed by atoms with Crippen molar-refractivity contribution in [3.8, 4) is 5.75 Å². The van der Waals surface area contributed by atoms with Crippen LogP contribution in [0.1, 0.15) is 24.2 Å². The fraction of sp³-hybridized carbons (Fsp3) is 0.333. The first-order valence-corrected chi connectivity index (χ1v) is 9.54. The lowest BCUT2D eigenvalue weighted by atomic mass is 10.1. The molecule has 7 heteroatoms. The maximum atomic E-state index is 12.7. The molecular formula is C21H24N4O3. The number of anilines is 3. The van der Waals surface area contributed by atoms with Gasteiger partial charge in [-0.3, -0.25) is 4.79 Å². The van der Waals surface area contributed by atoms with Crippen LogP contribution in [0.15, 0.2) is 40.8 Å². The van der Waals surface area contributed by atoms with Gasteiger partial charge in [0.25, 0.3) is 11.9 Å². The predicted molar refractivity (Wildman–Crippen MR) is 111 cm³/mol. The predicted octanol–water partition coefficient (Wildman–Crippen LogP) is 3.75. The van der Waals surface area contributed by atoms with Gasteiger partial charge in [0.2, 0.25) is 0 Å². The van der Waals surface area contributed by atoms with Crippen molar-refractivity contribution in [1.82, 2.24) is 4.98 Å². The number of carbonyl (C=O) groups excluding carboxylic acids is 1. The lowest BCUT2D eigenvalue weighted by molar-refractivity contribution is 0.102. The van der Waals surface area contributed by atoms with E-state index < -0.39 is 0 Å². The fourth-order valence-corrected chi connectivity index (χ4v) is 3.32. The Labute approximate surface area is 163 Å². The first-order valence-electron chi connectivity index (χ1n) is 9.54. The minimum absolute atomic E-state index is 0.173. The number of hydrogen-bond acceptors (Lipinski definition) is 6. The summed E-state index contributed by atoms with van der Waals surface area (Å²) in [5.41, 5.74) is 3.61. The Morgan fingerprint density at radius 1 is 1.21 bits per heavy atom. The lowest BCUT2D eigenvalue weighted by Gasteiger charge is -2.27. The molecule has 3 aromatic rings. The van der Waals surface area contributed by atoms with Gasteiger partial charge in [-0.2, -0.15) is 4.98 Å². The van der Waals surface area contributed by atoms with Crippen molar-refractivity contribution < 1.29 is 13.9 Å². The number of rotatable bonds is 5. The zero-order valence-electron chi connectivity index (χ0n) is 16.4. The van der Waals surface area contributed by atoms with Gasteiger partial charge in [0.15, 0.2) is 5.58 Å². The summed E-state index contributed by atoms with van der Waals surface area (Å²) in [6.07, 6.45) is 0. The van der Waals surface area contributed by atoms with E-state index in [0.717, 1.165) is 36.6 Å². The molecule has 0 aliphatic carbocycles. The van der Waals surface area contributed by atoms with Crippen molar-refractivity contribution >= 4 is 34.4 Å². The van der Waals surface area contributed by atoms with Crippen molar-refractivity contribution in [2.45, 2.75) is 13.8 Å². The van der Waals surface area contributed by atoms with Gasteiger partial charge in [0.05, 0.1) is 12.2 Å². The molecule has 1 aromatic heterocycles. The quantitative estimate of drug-likeness (QED) is 0.727. The number of benzene rings is 2. The third-order valence-electron chi connectivity index (χ3n) is 4.98. The van der Waals surface area contributed by atoms with Gasteiger partial charge in [-0.25, -0.2) is 0 Å². The average molecular weight is 380 g/mol. The van der Waals surface area contributed by atoms with Gasteiger partial charge in [0.1, 0.15) is 17.9 Å². The average Bonchev–Trinajstić information content (AvgIpc) is 3.12. The van der Waals surface area contributed by atoms with Crippen LogP contribution in [0.3, 0.4) is 0 Å². The normalized spacial score (nSPS) is 13.2. The van der Waals surface area contributed by atoms with Gasteiger partial charge in [0, 0.05) is 31.4 Å². The highest BCUT2D eigenvalue weighted by molar-refractivity contribution is 6.05. The number of carbonyl (C=O) groups is 1. The topological polar surface area (TPSA) is 70.8 Å². The van der Waals surface area contributed by atoms with E-state index >= 15 is 0 Å². The van der Waals surface area contributed by atoms with Gasteiger partial charge in [-0.05, 0) is 50.2 Å². The summed E-state index contributed by atoms with van der Waals surface area (Å²) < 4.78 is 11.5. The first-order chi connectivity index (χ1) is 13.6. The summed E-state index contributed by atoms with van der Waals surface area (Å²) in [5.74, 6) is 0.631. The number of aromatic nitrogens is 1. The SMILES string of the molecule is CCN(CC)c1nc2cc(NC(=O)c3ccc4c(c3)N(C)CCO4)ccc2o1. The summed E-state index contributed by atoms with van der Waals surface area (Å²) in [6, 6.07) is 11.6. The Morgan fingerprint density at radius 3 is 2.82 bits per heavy atom. The molecule has 0 saturated heterocycles. The maximum absolute atomic E-state index is 12.7. The van der Waals surface area contributed by atoms with Crippen molar-refractivity contribution in [3.05, 3.63) is 42.0 Å². The molecule has 1 aliphatic heterocycles. The highest BCUT2D eigenvalue weighted by Crippen LogP contribution is 2.32. The Bertz CT molecular complexity index is 1010. The van der Waals surface area contributed by atoms with E-state index in [2.05, 4.69) is 29.0 Å². The molecule has 2 heterocycles. The van der Waals surface area contributed by atoms with Crippen molar-refractivity contribution in [2.75, 3.05) is 48.4 Å². The molecule has 1 N–H and O–H groups in total. The molecule has 1 amide bonds.